The van der Waals surface area contributed by atoms with Crippen molar-refractivity contribution in [2.24, 2.45) is 0 Å². The van der Waals surface area contributed by atoms with Crippen molar-refractivity contribution in [1.82, 2.24) is 4.90 Å². The molecule has 0 saturated carbocycles. The van der Waals surface area contributed by atoms with Crippen LogP contribution in [0.25, 0.3) is 0 Å². The summed E-state index contributed by atoms with van der Waals surface area (Å²) < 4.78 is 5.97. The molecule has 0 saturated heterocycles. The van der Waals surface area contributed by atoms with Gasteiger partial charge in [-0.2, -0.15) is 0 Å². The molecule has 1 atom stereocenters. The molecule has 0 spiro atoms. The zero-order chi connectivity index (χ0) is 16.7. The van der Waals surface area contributed by atoms with Gasteiger partial charge in [0.1, 0.15) is 5.75 Å². The van der Waals surface area contributed by atoms with Crippen LogP contribution in [0, 0.1) is 0 Å². The van der Waals surface area contributed by atoms with Gasteiger partial charge in [0, 0.05) is 17.1 Å². The maximum atomic E-state index is 12.8. The Balaban J connectivity index is 2.20. The smallest absolute Gasteiger partial charge is 0.204 e. The molecule has 122 valence electrons. The van der Waals surface area contributed by atoms with E-state index in [0.29, 0.717) is 22.9 Å². The lowest BCUT2D eigenvalue weighted by Crippen LogP contribution is -2.40. The average Bonchev–Trinajstić information content (AvgIpc) is 2.60. The van der Waals surface area contributed by atoms with Gasteiger partial charge in [0.25, 0.3) is 0 Å². The molecule has 1 unspecified atom stereocenters. The van der Waals surface area contributed by atoms with Gasteiger partial charge in [-0.3, -0.25) is 9.69 Å². The van der Waals surface area contributed by atoms with Crippen molar-refractivity contribution in [2.45, 2.75) is 20.0 Å². The summed E-state index contributed by atoms with van der Waals surface area (Å²) in [5.74, 6) is 0.642. The standard InChI is InChI=1S/C19H22ClNO2/c1-3-21(4-2)14-18(19(22)15-8-6-5-7-9-15)23-17-12-10-16(20)11-13-17/h5-13,18H,3-4,14H2,1-2H3. The molecule has 4 heteroatoms. The van der Waals surface area contributed by atoms with Crippen LogP contribution in [0.2, 0.25) is 5.02 Å². The SMILES string of the molecule is CCN(CC)CC(Oc1ccc(Cl)cc1)C(=O)c1ccccc1. The maximum Gasteiger partial charge on any atom is 0.204 e. The molecule has 2 aromatic rings. The van der Waals surface area contributed by atoms with E-state index in [0.717, 1.165) is 13.1 Å². The Morgan fingerprint density at radius 2 is 1.65 bits per heavy atom. The fourth-order valence-electron chi connectivity index (χ4n) is 2.36. The zero-order valence-corrected chi connectivity index (χ0v) is 14.3. The van der Waals surface area contributed by atoms with Crippen LogP contribution in [0.1, 0.15) is 24.2 Å². The predicted octanol–water partition coefficient (Wildman–Crippen LogP) is 4.31. The Morgan fingerprint density at radius 3 is 2.22 bits per heavy atom. The van der Waals surface area contributed by atoms with Gasteiger partial charge in [-0.1, -0.05) is 55.8 Å². The first-order valence-corrected chi connectivity index (χ1v) is 8.25. The van der Waals surface area contributed by atoms with E-state index in [1.807, 2.05) is 30.3 Å². The van der Waals surface area contributed by atoms with Crippen molar-refractivity contribution in [3.05, 3.63) is 65.2 Å². The Kier molecular flexibility index (Phi) is 6.63. The minimum absolute atomic E-state index is 0.00699. The molecule has 3 nitrogen and oxygen atoms in total. The topological polar surface area (TPSA) is 29.5 Å². The summed E-state index contributed by atoms with van der Waals surface area (Å²) in [6.45, 7) is 6.47. The first-order valence-electron chi connectivity index (χ1n) is 7.87. The van der Waals surface area contributed by atoms with Crippen LogP contribution in [-0.2, 0) is 0 Å². The van der Waals surface area contributed by atoms with Gasteiger partial charge in [-0.25, -0.2) is 0 Å². The highest BCUT2D eigenvalue weighted by Crippen LogP contribution is 2.19. The highest BCUT2D eigenvalue weighted by Gasteiger charge is 2.24. The Bertz CT molecular complexity index is 609. The first kappa shape index (κ1) is 17.5. The summed E-state index contributed by atoms with van der Waals surface area (Å²) in [5, 5.41) is 0.645. The summed E-state index contributed by atoms with van der Waals surface area (Å²) in [7, 11) is 0. The van der Waals surface area contributed by atoms with Gasteiger partial charge in [-0.05, 0) is 37.4 Å². The van der Waals surface area contributed by atoms with Crippen LogP contribution in [0.3, 0.4) is 0 Å². The van der Waals surface area contributed by atoms with E-state index in [1.54, 1.807) is 24.3 Å². The summed E-state index contributed by atoms with van der Waals surface area (Å²) >= 11 is 5.91. The third-order valence-electron chi connectivity index (χ3n) is 3.76. The molecule has 0 fully saturated rings. The monoisotopic (exact) mass is 331 g/mol. The highest BCUT2D eigenvalue weighted by molar-refractivity contribution is 6.30. The molecular weight excluding hydrogens is 310 g/mol. The number of ketones is 1. The molecule has 23 heavy (non-hydrogen) atoms. The number of likely N-dealkylation sites (N-methyl/N-ethyl adjacent to an activating group) is 1. The molecule has 0 aliphatic rings. The average molecular weight is 332 g/mol. The number of carbonyl (C=O) groups is 1. The zero-order valence-electron chi connectivity index (χ0n) is 13.5. The van der Waals surface area contributed by atoms with Crippen molar-refractivity contribution in [1.29, 1.82) is 0 Å². The number of Topliss-reactive ketones (excluding diaryl/α,β-unsaturated/α-hetero) is 1. The van der Waals surface area contributed by atoms with E-state index in [-0.39, 0.29) is 5.78 Å². The third kappa shape index (κ3) is 5.08. The number of carbonyl (C=O) groups excluding carboxylic acids is 1. The van der Waals surface area contributed by atoms with Gasteiger partial charge < -0.3 is 4.74 Å². The van der Waals surface area contributed by atoms with Gasteiger partial charge in [0.05, 0.1) is 0 Å². The number of rotatable bonds is 8. The molecule has 0 N–H and O–H groups in total. The van der Waals surface area contributed by atoms with Crippen LogP contribution in [0.5, 0.6) is 5.75 Å². The fraction of sp³-hybridized carbons (Fsp3) is 0.316. The Morgan fingerprint density at radius 1 is 1.04 bits per heavy atom. The largest absolute Gasteiger partial charge is 0.481 e. The predicted molar refractivity (Wildman–Crippen MR) is 94.4 cm³/mol. The van der Waals surface area contributed by atoms with Crippen LogP contribution >= 0.6 is 11.6 Å². The van der Waals surface area contributed by atoms with Crippen LogP contribution in [0.15, 0.2) is 54.6 Å². The van der Waals surface area contributed by atoms with E-state index in [9.17, 15) is 4.79 Å². The van der Waals surface area contributed by atoms with E-state index < -0.39 is 6.10 Å². The second-order valence-electron chi connectivity index (χ2n) is 5.28. The second-order valence-corrected chi connectivity index (χ2v) is 5.71. The van der Waals surface area contributed by atoms with Crippen LogP contribution in [-0.4, -0.2) is 36.4 Å². The van der Waals surface area contributed by atoms with Crippen molar-refractivity contribution >= 4 is 17.4 Å². The second kappa shape index (κ2) is 8.70. The summed E-state index contributed by atoms with van der Waals surface area (Å²) in [4.78, 5) is 15.0. The molecule has 2 rings (SSSR count). The summed E-state index contributed by atoms with van der Waals surface area (Å²) in [6.07, 6.45) is -0.543. The Hall–Kier alpha value is -1.84. The molecule has 0 bridgehead atoms. The number of hydrogen-bond acceptors (Lipinski definition) is 3. The minimum Gasteiger partial charge on any atom is -0.481 e. The lowest BCUT2D eigenvalue weighted by molar-refractivity contribution is 0.0715. The lowest BCUT2D eigenvalue weighted by Gasteiger charge is -2.25. The number of halogens is 1. The summed E-state index contributed by atoms with van der Waals surface area (Å²) in [5.41, 5.74) is 0.665. The van der Waals surface area contributed by atoms with E-state index in [1.165, 1.54) is 0 Å². The van der Waals surface area contributed by atoms with Crippen molar-refractivity contribution in [3.63, 3.8) is 0 Å². The minimum atomic E-state index is -0.543. The molecule has 0 aromatic heterocycles. The third-order valence-corrected chi connectivity index (χ3v) is 4.01. The highest BCUT2D eigenvalue weighted by atomic mass is 35.5. The molecule has 0 radical (unpaired) electrons. The van der Waals surface area contributed by atoms with Crippen molar-refractivity contribution < 1.29 is 9.53 Å². The van der Waals surface area contributed by atoms with Crippen molar-refractivity contribution in [3.8, 4) is 5.75 Å². The van der Waals surface area contributed by atoms with E-state index in [4.69, 9.17) is 16.3 Å². The van der Waals surface area contributed by atoms with Gasteiger partial charge in [0.2, 0.25) is 5.78 Å². The first-order chi connectivity index (χ1) is 11.1. The number of benzene rings is 2. The quantitative estimate of drug-likeness (QED) is 0.675. The molecule has 0 amide bonds. The molecule has 0 aliphatic carbocycles. The molecule has 0 aliphatic heterocycles. The summed E-state index contributed by atoms with van der Waals surface area (Å²) in [6, 6.07) is 16.4. The Labute approximate surface area is 142 Å². The molecule has 2 aromatic carbocycles. The van der Waals surface area contributed by atoms with E-state index >= 15 is 0 Å². The van der Waals surface area contributed by atoms with Crippen LogP contribution in [0.4, 0.5) is 0 Å². The molecular formula is C19H22ClNO2. The van der Waals surface area contributed by atoms with Gasteiger partial charge in [-0.15, -0.1) is 0 Å². The van der Waals surface area contributed by atoms with E-state index in [2.05, 4.69) is 18.7 Å². The van der Waals surface area contributed by atoms with Gasteiger partial charge in [0.15, 0.2) is 6.10 Å². The lowest BCUT2D eigenvalue weighted by atomic mass is 10.1. The molecule has 0 heterocycles. The van der Waals surface area contributed by atoms with Gasteiger partial charge >= 0.3 is 0 Å². The fourth-order valence-corrected chi connectivity index (χ4v) is 2.48. The number of ether oxygens (including phenoxy) is 1. The maximum absolute atomic E-state index is 12.8. The van der Waals surface area contributed by atoms with Crippen LogP contribution < -0.4 is 4.74 Å². The van der Waals surface area contributed by atoms with Crippen molar-refractivity contribution in [2.75, 3.05) is 19.6 Å². The number of hydrogen-bond donors (Lipinski definition) is 0. The normalized spacial score (nSPS) is 12.2. The number of nitrogens with zero attached hydrogens (tertiary/aromatic N) is 1.